The van der Waals surface area contributed by atoms with Gasteiger partial charge in [0.25, 0.3) is 0 Å². The third-order valence-corrected chi connectivity index (χ3v) is 1.24. The van der Waals surface area contributed by atoms with Crippen molar-refractivity contribution in [2.45, 2.75) is 46.0 Å². The molecule has 9 heavy (non-hydrogen) atoms. The second kappa shape index (κ2) is 7.74. The van der Waals surface area contributed by atoms with Crippen molar-refractivity contribution in [1.29, 1.82) is 0 Å². The maximum atomic E-state index is 3.24. The van der Waals surface area contributed by atoms with Crippen LogP contribution in [0.25, 0.3) is 0 Å². The van der Waals surface area contributed by atoms with Crippen molar-refractivity contribution in [3.8, 4) is 0 Å². The van der Waals surface area contributed by atoms with E-state index in [0.29, 0.717) is 0 Å². The van der Waals surface area contributed by atoms with Crippen LogP contribution < -0.4 is 0 Å². The van der Waals surface area contributed by atoms with Crippen LogP contribution in [0.2, 0.25) is 0 Å². The average Bonchev–Trinajstić information content (AvgIpc) is 1.89. The monoisotopic (exact) mass is 125 g/mol. The molecule has 0 aromatic heterocycles. The molecule has 0 saturated carbocycles. The zero-order chi connectivity index (χ0) is 6.95. The number of rotatable bonds is 5. The maximum absolute atomic E-state index is 3.24. The summed E-state index contributed by atoms with van der Waals surface area (Å²) in [5.41, 5.74) is 0. The van der Waals surface area contributed by atoms with E-state index in [1.807, 2.05) is 0 Å². The molecule has 0 atom stereocenters. The fourth-order valence-corrected chi connectivity index (χ4v) is 0.655. The first-order valence-electron chi connectivity index (χ1n) is 3.96. The first-order valence-corrected chi connectivity index (χ1v) is 3.96. The van der Waals surface area contributed by atoms with Crippen LogP contribution in [-0.4, -0.2) is 0 Å². The van der Waals surface area contributed by atoms with Gasteiger partial charge < -0.3 is 0 Å². The summed E-state index contributed by atoms with van der Waals surface area (Å²) < 4.78 is 0. The molecule has 0 bridgehead atoms. The molecule has 53 valence electrons. The Bertz CT molecular complexity index is 62.4. The molecule has 0 unspecified atom stereocenters. The molecular formula is C9H17. The summed E-state index contributed by atoms with van der Waals surface area (Å²) in [4.78, 5) is 0. The largest absolute Gasteiger partial charge is 0.0811 e. The molecule has 0 rings (SSSR count). The molecule has 0 aromatic carbocycles. The van der Waals surface area contributed by atoms with Gasteiger partial charge in [0.05, 0.1) is 0 Å². The fourth-order valence-electron chi connectivity index (χ4n) is 0.655. The molecule has 0 aliphatic rings. The molecule has 0 N–H and O–H groups in total. The van der Waals surface area contributed by atoms with Crippen LogP contribution in [0.3, 0.4) is 0 Å². The molecule has 0 aromatic rings. The van der Waals surface area contributed by atoms with Gasteiger partial charge in [0.15, 0.2) is 0 Å². The van der Waals surface area contributed by atoms with E-state index in [0.717, 1.165) is 6.42 Å². The van der Waals surface area contributed by atoms with Crippen molar-refractivity contribution in [3.05, 3.63) is 12.2 Å². The highest BCUT2D eigenvalue weighted by molar-refractivity contribution is 4.72. The number of hydrogen-bond acceptors (Lipinski definition) is 0. The van der Waals surface area contributed by atoms with E-state index in [9.17, 15) is 0 Å². The van der Waals surface area contributed by atoms with Crippen molar-refractivity contribution < 1.29 is 0 Å². The first kappa shape index (κ1) is 8.74. The van der Waals surface area contributed by atoms with Crippen molar-refractivity contribution in [2.24, 2.45) is 0 Å². The average molecular weight is 125 g/mol. The standard InChI is InChI=1S/C9H17/c1-3-5-7-9-8-6-4-2/h9H,3-7H2,1-2H3. The van der Waals surface area contributed by atoms with Gasteiger partial charge in [-0.05, 0) is 18.9 Å². The van der Waals surface area contributed by atoms with Gasteiger partial charge in [-0.15, -0.1) is 0 Å². The van der Waals surface area contributed by atoms with Crippen LogP contribution in [0.1, 0.15) is 46.0 Å². The smallest absolute Gasteiger partial charge is 0.0282 e. The van der Waals surface area contributed by atoms with Crippen molar-refractivity contribution in [2.75, 3.05) is 0 Å². The van der Waals surface area contributed by atoms with Crippen LogP contribution in [0, 0.1) is 6.08 Å². The van der Waals surface area contributed by atoms with Crippen LogP contribution in [-0.2, 0) is 0 Å². The van der Waals surface area contributed by atoms with Gasteiger partial charge in [-0.3, -0.25) is 0 Å². The Balaban J connectivity index is 2.86. The number of unbranched alkanes of at least 4 members (excludes halogenated alkanes) is 3. The Hall–Kier alpha value is -0.260. The number of hydrogen-bond donors (Lipinski definition) is 0. The van der Waals surface area contributed by atoms with E-state index >= 15 is 0 Å². The molecule has 0 nitrogen and oxygen atoms in total. The summed E-state index contributed by atoms with van der Waals surface area (Å²) in [5.74, 6) is 0. The Labute approximate surface area is 59.0 Å². The molecule has 0 spiro atoms. The summed E-state index contributed by atoms with van der Waals surface area (Å²) in [6.45, 7) is 4.40. The van der Waals surface area contributed by atoms with Gasteiger partial charge in [-0.25, -0.2) is 0 Å². The molecule has 1 radical (unpaired) electrons. The second-order valence-corrected chi connectivity index (χ2v) is 2.30. The topological polar surface area (TPSA) is 0 Å². The maximum Gasteiger partial charge on any atom is -0.0282 e. The summed E-state index contributed by atoms with van der Waals surface area (Å²) >= 11 is 0. The lowest BCUT2D eigenvalue weighted by molar-refractivity contribution is 0.807. The highest BCUT2D eigenvalue weighted by Gasteiger charge is 1.77. The van der Waals surface area contributed by atoms with Crippen molar-refractivity contribution in [3.63, 3.8) is 0 Å². The summed E-state index contributed by atoms with van der Waals surface area (Å²) in [6.07, 6.45) is 11.6. The summed E-state index contributed by atoms with van der Waals surface area (Å²) in [6, 6.07) is 0. The highest BCUT2D eigenvalue weighted by Crippen LogP contribution is 1.96. The van der Waals surface area contributed by atoms with Gasteiger partial charge in [-0.1, -0.05) is 39.2 Å². The minimum atomic E-state index is 1.13. The van der Waals surface area contributed by atoms with Gasteiger partial charge in [0.1, 0.15) is 0 Å². The quantitative estimate of drug-likeness (QED) is 0.494. The van der Waals surface area contributed by atoms with Gasteiger partial charge in [0.2, 0.25) is 0 Å². The molecule has 0 fully saturated rings. The van der Waals surface area contributed by atoms with E-state index in [1.165, 1.54) is 25.7 Å². The molecule has 0 aliphatic heterocycles. The van der Waals surface area contributed by atoms with Gasteiger partial charge in [0, 0.05) is 0 Å². The van der Waals surface area contributed by atoms with Crippen LogP contribution in [0.4, 0.5) is 0 Å². The minimum absolute atomic E-state index is 1.13. The first-order chi connectivity index (χ1) is 4.41. The Morgan fingerprint density at radius 2 is 2.00 bits per heavy atom. The SMILES string of the molecule is CCC/[C]=C/CCCC. The van der Waals surface area contributed by atoms with Crippen molar-refractivity contribution in [1.82, 2.24) is 0 Å². The lowest BCUT2D eigenvalue weighted by Crippen LogP contribution is -1.67. The Kier molecular flexibility index (Phi) is 7.52. The molecule has 0 aliphatic carbocycles. The predicted octanol–water partition coefficient (Wildman–Crippen LogP) is 3.34. The van der Waals surface area contributed by atoms with E-state index in [1.54, 1.807) is 0 Å². The van der Waals surface area contributed by atoms with E-state index < -0.39 is 0 Å². The Morgan fingerprint density at radius 1 is 1.22 bits per heavy atom. The third-order valence-electron chi connectivity index (χ3n) is 1.24. The fraction of sp³-hybridized carbons (Fsp3) is 0.778. The van der Waals surface area contributed by atoms with E-state index in [4.69, 9.17) is 0 Å². The zero-order valence-corrected chi connectivity index (χ0v) is 6.61. The molecule has 0 saturated heterocycles. The molecule has 0 heteroatoms. The lowest BCUT2D eigenvalue weighted by Gasteiger charge is -1.86. The molecular weight excluding hydrogens is 108 g/mol. The van der Waals surface area contributed by atoms with Crippen molar-refractivity contribution >= 4 is 0 Å². The minimum Gasteiger partial charge on any atom is -0.0811 e. The highest BCUT2D eigenvalue weighted by atomic mass is 13.8. The number of allylic oxidation sites excluding steroid dienone is 2. The normalized spacial score (nSPS) is 10.9. The zero-order valence-electron chi connectivity index (χ0n) is 6.61. The Morgan fingerprint density at radius 3 is 2.56 bits per heavy atom. The molecule has 0 amide bonds. The lowest BCUT2D eigenvalue weighted by atomic mass is 10.2. The van der Waals surface area contributed by atoms with Crippen LogP contribution in [0.15, 0.2) is 6.08 Å². The van der Waals surface area contributed by atoms with Gasteiger partial charge >= 0.3 is 0 Å². The predicted molar refractivity (Wildman–Crippen MR) is 42.2 cm³/mol. The van der Waals surface area contributed by atoms with Crippen LogP contribution in [0.5, 0.6) is 0 Å². The molecule has 0 heterocycles. The second-order valence-electron chi connectivity index (χ2n) is 2.30. The van der Waals surface area contributed by atoms with E-state index in [-0.39, 0.29) is 0 Å². The summed E-state index contributed by atoms with van der Waals surface area (Å²) in [5, 5.41) is 0. The summed E-state index contributed by atoms with van der Waals surface area (Å²) in [7, 11) is 0. The third kappa shape index (κ3) is 7.74. The van der Waals surface area contributed by atoms with E-state index in [2.05, 4.69) is 26.0 Å². The van der Waals surface area contributed by atoms with Crippen LogP contribution >= 0.6 is 0 Å². The van der Waals surface area contributed by atoms with Gasteiger partial charge in [-0.2, -0.15) is 0 Å².